The molecule has 4 amide bonds. The van der Waals surface area contributed by atoms with Gasteiger partial charge in [-0.25, -0.2) is 4.79 Å². The highest BCUT2D eigenvalue weighted by Gasteiger charge is 2.62. The minimum Gasteiger partial charge on any atom is -0.347 e. The van der Waals surface area contributed by atoms with Crippen LogP contribution >= 0.6 is 0 Å². The molecule has 0 aliphatic carbocycles. The van der Waals surface area contributed by atoms with Gasteiger partial charge in [0.15, 0.2) is 20.0 Å². The fourth-order valence-corrected chi connectivity index (χ4v) is 1.65. The first kappa shape index (κ1) is 14.4. The summed E-state index contributed by atoms with van der Waals surface area (Å²) >= 11 is 0. The molecule has 1 heterocycles. The van der Waals surface area contributed by atoms with Gasteiger partial charge >= 0.3 is 24.6 Å². The predicted octanol–water partition coefficient (Wildman–Crippen LogP) is -3.41. The average molecular weight is 266 g/mol. The van der Waals surface area contributed by atoms with Gasteiger partial charge in [0.1, 0.15) is 0 Å². The van der Waals surface area contributed by atoms with Crippen LogP contribution in [0.5, 0.6) is 0 Å². The molecule has 1 rings (SSSR count). The zero-order chi connectivity index (χ0) is 14.1. The summed E-state index contributed by atoms with van der Waals surface area (Å²) in [7, 11) is 0. The Morgan fingerprint density at radius 3 is 2.28 bits per heavy atom. The molecular formula is C7H14N4O7+2. The van der Waals surface area contributed by atoms with E-state index in [1.807, 2.05) is 0 Å². The number of nitrogens with two attached hydrogens (primary N) is 1. The lowest BCUT2D eigenvalue weighted by molar-refractivity contribution is -0.977. The molecule has 1 atom stereocenters. The Balaban J connectivity index is 3.13. The number of carbonyl (C=O) groups excluding carboxylic acids is 2. The zero-order valence-electron chi connectivity index (χ0n) is 9.21. The van der Waals surface area contributed by atoms with Crippen molar-refractivity contribution in [2.75, 3.05) is 20.0 Å². The topological polar surface area (TPSA) is 164 Å². The van der Waals surface area contributed by atoms with Gasteiger partial charge in [-0.2, -0.15) is 14.2 Å². The van der Waals surface area contributed by atoms with Gasteiger partial charge in [0, 0.05) is 0 Å². The van der Waals surface area contributed by atoms with E-state index in [2.05, 4.69) is 0 Å². The highest BCUT2D eigenvalue weighted by Crippen LogP contribution is 2.22. The van der Waals surface area contributed by atoms with Crippen LogP contribution in [0.4, 0.5) is 9.59 Å². The van der Waals surface area contributed by atoms with Gasteiger partial charge in [-0.3, -0.25) is 0 Å². The Kier molecular flexibility index (Phi) is 3.93. The van der Waals surface area contributed by atoms with Crippen molar-refractivity contribution in [2.24, 2.45) is 5.73 Å². The Bertz CT molecular complexity index is 380. The summed E-state index contributed by atoms with van der Waals surface area (Å²) in [4.78, 5) is 34.5. The van der Waals surface area contributed by atoms with Gasteiger partial charge in [0.25, 0.3) is 0 Å². The molecule has 1 aliphatic rings. The minimum atomic E-state index is -2.23. The van der Waals surface area contributed by atoms with Crippen LogP contribution < -0.4 is 5.73 Å². The predicted molar refractivity (Wildman–Crippen MR) is 51.8 cm³/mol. The molecule has 0 aromatic carbocycles. The second-order valence-corrected chi connectivity index (χ2v) is 3.74. The number of amides is 4. The third-order valence-corrected chi connectivity index (χ3v) is 2.86. The number of rotatable bonds is 4. The summed E-state index contributed by atoms with van der Waals surface area (Å²) in [5.74, 6) is 0. The largest absolute Gasteiger partial charge is 0.541 e. The first-order valence-electron chi connectivity index (χ1n) is 4.83. The maximum atomic E-state index is 11.5. The lowest BCUT2D eigenvalue weighted by Crippen LogP contribution is -2.65. The molecule has 0 aromatic heterocycles. The van der Waals surface area contributed by atoms with Crippen LogP contribution in [-0.2, 0) is 0 Å². The van der Waals surface area contributed by atoms with Crippen molar-refractivity contribution >= 4 is 12.1 Å². The van der Waals surface area contributed by atoms with Crippen molar-refractivity contribution in [1.82, 2.24) is 4.90 Å². The average Bonchev–Trinajstić information content (AvgIpc) is 2.60. The van der Waals surface area contributed by atoms with Crippen molar-refractivity contribution in [3.05, 3.63) is 4.91 Å². The summed E-state index contributed by atoms with van der Waals surface area (Å²) in [6.07, 6.45) is -3.79. The number of hydrogen-bond donors (Lipinski definition) is 5. The molecule has 0 spiro atoms. The van der Waals surface area contributed by atoms with Crippen LogP contribution in [0.15, 0.2) is 0 Å². The van der Waals surface area contributed by atoms with Crippen molar-refractivity contribution in [1.29, 1.82) is 0 Å². The van der Waals surface area contributed by atoms with Gasteiger partial charge in [0.2, 0.25) is 0 Å². The maximum Gasteiger partial charge on any atom is 0.541 e. The highest BCUT2D eigenvalue weighted by molar-refractivity contribution is 5.68. The first-order valence-corrected chi connectivity index (χ1v) is 4.83. The van der Waals surface area contributed by atoms with Crippen molar-refractivity contribution in [2.45, 2.75) is 12.6 Å². The normalized spacial score (nSPS) is 20.9. The van der Waals surface area contributed by atoms with Gasteiger partial charge in [-0.1, -0.05) is 4.91 Å². The van der Waals surface area contributed by atoms with E-state index >= 15 is 0 Å². The molecule has 1 fully saturated rings. The molecule has 0 saturated carbocycles. The molecule has 102 valence electrons. The van der Waals surface area contributed by atoms with E-state index < -0.39 is 49.1 Å². The van der Waals surface area contributed by atoms with Gasteiger partial charge < -0.3 is 26.2 Å². The molecule has 0 aromatic rings. The van der Waals surface area contributed by atoms with E-state index in [4.69, 9.17) is 26.2 Å². The number of carbonyl (C=O) groups is 2. The van der Waals surface area contributed by atoms with E-state index in [1.165, 1.54) is 0 Å². The minimum absolute atomic E-state index is 0.239. The van der Waals surface area contributed by atoms with Crippen LogP contribution in [0.3, 0.4) is 0 Å². The molecule has 6 N–H and O–H groups in total. The number of quaternary nitrogens is 1. The number of urea groups is 2. The number of nitrogens with zero attached hydrogens (tertiary/aromatic N) is 3. The third-order valence-electron chi connectivity index (χ3n) is 2.86. The van der Waals surface area contributed by atoms with Gasteiger partial charge in [-0.15, -0.1) is 0 Å². The number of aliphatic hydroxyl groups is 4. The molecule has 18 heavy (non-hydrogen) atoms. The lowest BCUT2D eigenvalue weighted by atomic mass is 10.3. The molecule has 1 aliphatic heterocycles. The van der Waals surface area contributed by atoms with Crippen LogP contribution in [0.25, 0.3) is 0 Å². The zero-order valence-corrected chi connectivity index (χ0v) is 9.21. The van der Waals surface area contributed by atoms with Gasteiger partial charge in [0.05, 0.1) is 4.76 Å². The number of aliphatic hydroxyl groups excluding tert-OH is 3. The summed E-state index contributed by atoms with van der Waals surface area (Å²) in [6, 6.07) is -2.53. The summed E-state index contributed by atoms with van der Waals surface area (Å²) < 4.78 is -1.53. The quantitative estimate of drug-likeness (QED) is 0.201. The second kappa shape index (κ2) is 4.91. The molecule has 11 heteroatoms. The maximum absolute atomic E-state index is 11.5. The standard InChI is InChI=1S/C7H13N4O7/c8-5(14)11(2-12,3-13)4-1-9(7(16)17)6(15)10(4)18/h4,7,12-13,16-17H,1-3H2,(H-,8,14)/q+1/p+1. The van der Waals surface area contributed by atoms with E-state index in [0.717, 1.165) is 0 Å². The van der Waals surface area contributed by atoms with Crippen molar-refractivity contribution in [3.8, 4) is 0 Å². The summed E-state index contributed by atoms with van der Waals surface area (Å²) in [6.45, 7) is -2.61. The Morgan fingerprint density at radius 2 is 2.00 bits per heavy atom. The summed E-state index contributed by atoms with van der Waals surface area (Å²) in [5.41, 5.74) is 4.99. The molecule has 1 saturated heterocycles. The van der Waals surface area contributed by atoms with E-state index in [1.54, 1.807) is 0 Å². The molecule has 1 unspecified atom stereocenters. The second-order valence-electron chi connectivity index (χ2n) is 3.74. The monoisotopic (exact) mass is 266 g/mol. The SMILES string of the molecule is NC(=O)[N+](CO)(CO)C1CN(C(O)O)C(=O)[N+]1=O. The Labute approximate surface area is 100 Å². The molecular weight excluding hydrogens is 252 g/mol. The highest BCUT2D eigenvalue weighted by atomic mass is 16.5. The number of primary amides is 1. The number of nitroso groups, excluding NO2 is 1. The van der Waals surface area contributed by atoms with Crippen LogP contribution in [0.2, 0.25) is 0 Å². The molecule has 11 nitrogen and oxygen atoms in total. The lowest BCUT2D eigenvalue weighted by Gasteiger charge is -2.29. The Morgan fingerprint density at radius 1 is 1.50 bits per heavy atom. The van der Waals surface area contributed by atoms with Crippen LogP contribution in [-0.4, -0.2) is 79.2 Å². The van der Waals surface area contributed by atoms with E-state index in [0.29, 0.717) is 4.90 Å². The van der Waals surface area contributed by atoms with E-state index in [-0.39, 0.29) is 4.76 Å². The molecule has 0 bridgehead atoms. The van der Waals surface area contributed by atoms with Crippen molar-refractivity contribution in [3.63, 3.8) is 0 Å². The van der Waals surface area contributed by atoms with Crippen LogP contribution in [0, 0.1) is 4.91 Å². The molecule has 0 radical (unpaired) electrons. The van der Waals surface area contributed by atoms with Crippen molar-refractivity contribution < 1.29 is 39.3 Å². The third kappa shape index (κ3) is 1.93. The number of hydrogen-bond acceptors (Lipinski definition) is 7. The fourth-order valence-electron chi connectivity index (χ4n) is 1.65. The Hall–Kier alpha value is -1.66. The summed E-state index contributed by atoms with van der Waals surface area (Å²) in [5, 5.41) is 36.0. The first-order chi connectivity index (χ1) is 8.31. The smallest absolute Gasteiger partial charge is 0.347 e. The van der Waals surface area contributed by atoms with Crippen LogP contribution in [0.1, 0.15) is 0 Å². The fraction of sp³-hybridized carbons (Fsp3) is 0.714. The van der Waals surface area contributed by atoms with Gasteiger partial charge in [-0.05, 0) is 0 Å². The van der Waals surface area contributed by atoms with E-state index in [9.17, 15) is 14.5 Å².